The van der Waals surface area contributed by atoms with E-state index in [0.29, 0.717) is 0 Å². The fourth-order valence-electron chi connectivity index (χ4n) is 3.55. The number of nitrogens with zero attached hydrogens (tertiary/aromatic N) is 2. The second-order valence-corrected chi connectivity index (χ2v) is 12.6. The Labute approximate surface area is 224 Å². The van der Waals surface area contributed by atoms with E-state index in [1.54, 1.807) is 11.3 Å². The Morgan fingerprint density at radius 3 is 2.17 bits per heavy atom. The Balaban J connectivity index is 1.15. The number of hydrogen-bond acceptors (Lipinski definition) is 8. The summed E-state index contributed by atoms with van der Waals surface area (Å²) >= 11 is 5.95. The summed E-state index contributed by atoms with van der Waals surface area (Å²) in [6.45, 7) is 4.01. The average Bonchev–Trinajstić information content (AvgIpc) is 3.46. The Kier molecular flexibility index (Phi) is 7.56. The molecule has 2 heterocycles. The normalized spacial score (nSPS) is 11.2. The van der Waals surface area contributed by atoms with Gasteiger partial charge < -0.3 is 10.6 Å². The lowest BCUT2D eigenvalue weighted by atomic mass is 10.1. The Hall–Kier alpha value is -2.92. The van der Waals surface area contributed by atoms with E-state index in [-0.39, 0.29) is 23.3 Å². The summed E-state index contributed by atoms with van der Waals surface area (Å²) in [4.78, 5) is 34.1. The molecular formula is C26H22N4O2S4. The van der Waals surface area contributed by atoms with Crippen LogP contribution in [0.2, 0.25) is 0 Å². The lowest BCUT2D eigenvalue weighted by molar-refractivity contribution is -0.114. The maximum absolute atomic E-state index is 12.5. The highest BCUT2D eigenvalue weighted by molar-refractivity contribution is 8.02. The fraction of sp³-hybridized carbons (Fsp3) is 0.154. The first-order chi connectivity index (χ1) is 17.4. The molecule has 2 N–H and O–H groups in total. The van der Waals surface area contributed by atoms with Crippen LogP contribution in [0.5, 0.6) is 0 Å². The number of carbonyl (C=O) groups is 2. The van der Waals surface area contributed by atoms with Crippen molar-refractivity contribution in [3.8, 4) is 0 Å². The largest absolute Gasteiger partial charge is 0.325 e. The van der Waals surface area contributed by atoms with Gasteiger partial charge in [0, 0.05) is 11.4 Å². The van der Waals surface area contributed by atoms with E-state index >= 15 is 0 Å². The molecule has 0 spiro atoms. The maximum atomic E-state index is 12.5. The van der Waals surface area contributed by atoms with Gasteiger partial charge >= 0.3 is 0 Å². The third kappa shape index (κ3) is 6.07. The van der Waals surface area contributed by atoms with E-state index in [1.807, 2.05) is 74.5 Å². The van der Waals surface area contributed by atoms with E-state index in [2.05, 4.69) is 20.6 Å². The van der Waals surface area contributed by atoms with Gasteiger partial charge in [0.1, 0.15) is 0 Å². The minimum Gasteiger partial charge on any atom is -0.325 e. The van der Waals surface area contributed by atoms with Gasteiger partial charge in [0.2, 0.25) is 11.8 Å². The van der Waals surface area contributed by atoms with Gasteiger partial charge in [0.05, 0.1) is 31.9 Å². The molecule has 0 aliphatic rings. The summed E-state index contributed by atoms with van der Waals surface area (Å²) in [5.74, 6) is 0.419. The number of carbonyl (C=O) groups excluding carboxylic acids is 2. The first-order valence-corrected chi connectivity index (χ1v) is 14.7. The van der Waals surface area contributed by atoms with Crippen LogP contribution in [-0.4, -0.2) is 33.3 Å². The molecule has 36 heavy (non-hydrogen) atoms. The summed E-state index contributed by atoms with van der Waals surface area (Å²) in [5, 5.41) is 5.93. The molecule has 0 saturated carbocycles. The van der Waals surface area contributed by atoms with Crippen molar-refractivity contribution in [2.75, 3.05) is 22.1 Å². The summed E-state index contributed by atoms with van der Waals surface area (Å²) in [6, 6.07) is 19.6. The SMILES string of the molecule is Cc1ccc(NC(=O)CSc2nc3ccc(NC(=O)CSc4nc5ccccc5s4)cc3s2)c(C)c1. The van der Waals surface area contributed by atoms with Crippen molar-refractivity contribution in [3.63, 3.8) is 0 Å². The van der Waals surface area contributed by atoms with Gasteiger partial charge in [-0.15, -0.1) is 22.7 Å². The highest BCUT2D eigenvalue weighted by Crippen LogP contribution is 2.32. The summed E-state index contributed by atoms with van der Waals surface area (Å²) in [5.41, 5.74) is 5.57. The van der Waals surface area contributed by atoms with Crippen molar-refractivity contribution in [1.29, 1.82) is 0 Å². The molecule has 0 unspecified atom stereocenters. The molecule has 0 saturated heterocycles. The third-order valence-corrected chi connectivity index (χ3v) is 9.58. The van der Waals surface area contributed by atoms with Gasteiger partial charge in [-0.25, -0.2) is 9.97 Å². The predicted molar refractivity (Wildman–Crippen MR) is 154 cm³/mol. The number of para-hydroxylation sites is 1. The van der Waals surface area contributed by atoms with Crippen LogP contribution in [0.25, 0.3) is 20.4 Å². The predicted octanol–water partition coefficient (Wildman–Crippen LogP) is 6.98. The van der Waals surface area contributed by atoms with Crippen LogP contribution in [0.15, 0.2) is 69.3 Å². The quantitative estimate of drug-likeness (QED) is 0.203. The Morgan fingerprint density at radius 2 is 1.44 bits per heavy atom. The van der Waals surface area contributed by atoms with Gasteiger partial charge in [0.15, 0.2) is 8.68 Å². The van der Waals surface area contributed by atoms with Crippen LogP contribution >= 0.6 is 46.2 Å². The summed E-state index contributed by atoms with van der Waals surface area (Å²) in [6.07, 6.45) is 0. The van der Waals surface area contributed by atoms with Crippen molar-refractivity contribution in [2.45, 2.75) is 22.5 Å². The molecule has 182 valence electrons. The minimum absolute atomic E-state index is 0.0650. The zero-order valence-corrected chi connectivity index (χ0v) is 22.8. The molecule has 0 atom stereocenters. The van der Waals surface area contributed by atoms with Crippen molar-refractivity contribution in [3.05, 3.63) is 71.8 Å². The molecule has 3 aromatic carbocycles. The smallest absolute Gasteiger partial charge is 0.234 e. The number of rotatable bonds is 8. The molecule has 6 nitrogen and oxygen atoms in total. The lowest BCUT2D eigenvalue weighted by Gasteiger charge is -2.08. The van der Waals surface area contributed by atoms with Crippen LogP contribution in [0.3, 0.4) is 0 Å². The molecule has 0 radical (unpaired) electrons. The number of hydrogen-bond donors (Lipinski definition) is 2. The second kappa shape index (κ2) is 11.0. The van der Waals surface area contributed by atoms with Gasteiger partial charge in [-0.2, -0.15) is 0 Å². The van der Waals surface area contributed by atoms with Crippen molar-refractivity contribution < 1.29 is 9.59 Å². The standard InChI is InChI=1S/C26H22N4O2S4/c1-15-7-9-18(16(2)11-15)28-24(32)14-34-26-30-20-10-8-17(12-22(20)36-26)27-23(31)13-33-25-29-19-5-3-4-6-21(19)35-25/h3-12H,13-14H2,1-2H3,(H,27,31)(H,28,32). The number of nitrogens with one attached hydrogen (secondary N) is 2. The molecule has 5 aromatic rings. The number of anilines is 2. The molecule has 2 amide bonds. The summed E-state index contributed by atoms with van der Waals surface area (Å²) < 4.78 is 3.78. The number of benzene rings is 3. The average molecular weight is 551 g/mol. The topological polar surface area (TPSA) is 84.0 Å². The molecule has 10 heteroatoms. The Bertz CT molecular complexity index is 1540. The number of fused-ring (bicyclic) bond motifs is 2. The zero-order valence-electron chi connectivity index (χ0n) is 19.5. The van der Waals surface area contributed by atoms with Crippen LogP contribution in [0.4, 0.5) is 11.4 Å². The van der Waals surface area contributed by atoms with Crippen molar-refractivity contribution in [1.82, 2.24) is 9.97 Å². The van der Waals surface area contributed by atoms with Crippen LogP contribution in [0.1, 0.15) is 11.1 Å². The number of thiazole rings is 2. The minimum atomic E-state index is -0.0826. The fourth-order valence-corrected chi connectivity index (χ4v) is 7.32. The monoisotopic (exact) mass is 550 g/mol. The summed E-state index contributed by atoms with van der Waals surface area (Å²) in [7, 11) is 0. The van der Waals surface area contributed by atoms with Gasteiger partial charge in [-0.1, -0.05) is 53.4 Å². The third-order valence-electron chi connectivity index (χ3n) is 5.24. The second-order valence-electron chi connectivity index (χ2n) is 8.10. The number of aromatic nitrogens is 2. The van der Waals surface area contributed by atoms with Crippen LogP contribution < -0.4 is 10.6 Å². The van der Waals surface area contributed by atoms with Crippen molar-refractivity contribution >= 4 is 89.8 Å². The number of thioether (sulfide) groups is 2. The molecule has 0 aliphatic heterocycles. The molecule has 0 aliphatic carbocycles. The van der Waals surface area contributed by atoms with Gasteiger partial charge in [-0.05, 0) is 55.8 Å². The van der Waals surface area contributed by atoms with E-state index in [1.165, 1.54) is 34.9 Å². The van der Waals surface area contributed by atoms with E-state index in [0.717, 1.165) is 51.6 Å². The van der Waals surface area contributed by atoms with Crippen molar-refractivity contribution in [2.24, 2.45) is 0 Å². The van der Waals surface area contributed by atoms with Crippen LogP contribution in [0, 0.1) is 13.8 Å². The van der Waals surface area contributed by atoms with E-state index in [9.17, 15) is 9.59 Å². The van der Waals surface area contributed by atoms with Crippen LogP contribution in [-0.2, 0) is 9.59 Å². The number of aryl methyl sites for hydroxylation is 2. The maximum Gasteiger partial charge on any atom is 0.234 e. The highest BCUT2D eigenvalue weighted by atomic mass is 32.2. The lowest BCUT2D eigenvalue weighted by Crippen LogP contribution is -2.14. The molecular weight excluding hydrogens is 529 g/mol. The van der Waals surface area contributed by atoms with E-state index in [4.69, 9.17) is 0 Å². The first kappa shape index (κ1) is 24.8. The van der Waals surface area contributed by atoms with Gasteiger partial charge in [0.25, 0.3) is 0 Å². The number of amides is 2. The zero-order chi connectivity index (χ0) is 25.1. The Morgan fingerprint density at radius 1 is 0.778 bits per heavy atom. The first-order valence-electron chi connectivity index (χ1n) is 11.1. The van der Waals surface area contributed by atoms with Gasteiger partial charge in [-0.3, -0.25) is 9.59 Å². The highest BCUT2D eigenvalue weighted by Gasteiger charge is 2.12. The van der Waals surface area contributed by atoms with E-state index < -0.39 is 0 Å². The molecule has 5 rings (SSSR count). The molecule has 0 fully saturated rings. The molecule has 2 aromatic heterocycles. The molecule has 0 bridgehead atoms.